The van der Waals surface area contributed by atoms with Crippen molar-refractivity contribution in [2.45, 2.75) is 57.7 Å². The summed E-state index contributed by atoms with van der Waals surface area (Å²) in [5.74, 6) is 0.232. The van der Waals surface area contributed by atoms with Gasteiger partial charge in [0.15, 0.2) is 0 Å². The van der Waals surface area contributed by atoms with Crippen molar-refractivity contribution in [3.05, 3.63) is 32.6 Å². The van der Waals surface area contributed by atoms with E-state index < -0.39 is 0 Å². The molecule has 7 nitrogen and oxygen atoms in total. The molecule has 0 radical (unpaired) electrons. The molecule has 25 heavy (non-hydrogen) atoms. The van der Waals surface area contributed by atoms with Crippen LogP contribution in [0.3, 0.4) is 0 Å². The van der Waals surface area contributed by atoms with Crippen LogP contribution >= 0.6 is 0 Å². The molecule has 3 rings (SSSR count). The number of carbonyl (C=O) groups is 1. The summed E-state index contributed by atoms with van der Waals surface area (Å²) in [5.41, 5.74) is 0.186. The van der Waals surface area contributed by atoms with Crippen LogP contribution < -0.4 is 11.2 Å². The molecule has 2 aliphatic heterocycles. The largest absolute Gasteiger partial charge is 0.338 e. The van der Waals surface area contributed by atoms with E-state index in [0.29, 0.717) is 19.0 Å². The van der Waals surface area contributed by atoms with Gasteiger partial charge in [-0.3, -0.25) is 23.6 Å². The maximum absolute atomic E-state index is 12.2. The highest BCUT2D eigenvalue weighted by atomic mass is 16.2. The molecule has 1 aromatic heterocycles. The Balaban J connectivity index is 1.82. The summed E-state index contributed by atoms with van der Waals surface area (Å²) in [7, 11) is 3.21. The number of likely N-dealkylation sites (tertiary alicyclic amines) is 2. The molecule has 0 spiro atoms. The highest BCUT2D eigenvalue weighted by Crippen LogP contribution is 2.31. The first-order valence-electron chi connectivity index (χ1n) is 9.23. The van der Waals surface area contributed by atoms with Crippen molar-refractivity contribution in [2.75, 3.05) is 13.1 Å². The maximum atomic E-state index is 12.2. The lowest BCUT2D eigenvalue weighted by atomic mass is 10.0. The Bertz CT molecular complexity index is 767. The molecule has 3 heterocycles. The van der Waals surface area contributed by atoms with Crippen molar-refractivity contribution in [3.63, 3.8) is 0 Å². The number of rotatable bonds is 4. The zero-order valence-corrected chi connectivity index (χ0v) is 15.4. The normalized spacial score (nSPS) is 24.2. The number of carbonyl (C=O) groups excluding carboxylic acids is 1. The fraction of sp³-hybridized carbons (Fsp3) is 0.722. The summed E-state index contributed by atoms with van der Waals surface area (Å²) < 4.78 is 2.68. The van der Waals surface area contributed by atoms with Crippen LogP contribution in [0.2, 0.25) is 0 Å². The molecule has 0 unspecified atom stereocenters. The van der Waals surface area contributed by atoms with E-state index in [2.05, 4.69) is 4.90 Å². The van der Waals surface area contributed by atoms with E-state index in [0.717, 1.165) is 49.0 Å². The number of nitrogens with zero attached hydrogens (tertiary/aromatic N) is 4. The molecule has 0 saturated carbocycles. The van der Waals surface area contributed by atoms with Gasteiger partial charge in [0.1, 0.15) is 0 Å². The Morgan fingerprint density at radius 1 is 1.08 bits per heavy atom. The molecule has 0 aliphatic carbocycles. The van der Waals surface area contributed by atoms with Crippen LogP contribution in [0.4, 0.5) is 0 Å². The van der Waals surface area contributed by atoms with Crippen molar-refractivity contribution >= 4 is 5.91 Å². The molecule has 0 aromatic carbocycles. The summed E-state index contributed by atoms with van der Waals surface area (Å²) in [6.45, 7) is 4.29. The Hall–Kier alpha value is -1.89. The van der Waals surface area contributed by atoms with E-state index >= 15 is 0 Å². The summed E-state index contributed by atoms with van der Waals surface area (Å²) >= 11 is 0. The fourth-order valence-electron chi connectivity index (χ4n) is 4.33. The SMILES string of the molecule is CCC(=O)N1CCC[C@@H]1[C@H]1CCCN1Cc1cc(=O)n(C)c(=O)n1C. The Kier molecular flexibility index (Phi) is 5.13. The van der Waals surface area contributed by atoms with Crippen LogP contribution in [0, 0.1) is 0 Å². The van der Waals surface area contributed by atoms with Gasteiger partial charge >= 0.3 is 5.69 Å². The van der Waals surface area contributed by atoms with E-state index in [4.69, 9.17) is 0 Å². The second-order valence-corrected chi connectivity index (χ2v) is 7.20. The summed E-state index contributed by atoms with van der Waals surface area (Å²) in [4.78, 5) is 40.8. The van der Waals surface area contributed by atoms with E-state index in [-0.39, 0.29) is 23.2 Å². The van der Waals surface area contributed by atoms with Crippen molar-refractivity contribution in [2.24, 2.45) is 14.1 Å². The fourth-order valence-corrected chi connectivity index (χ4v) is 4.33. The average Bonchev–Trinajstić information content (AvgIpc) is 3.25. The second-order valence-electron chi connectivity index (χ2n) is 7.20. The first-order valence-corrected chi connectivity index (χ1v) is 9.23. The van der Waals surface area contributed by atoms with E-state index in [9.17, 15) is 14.4 Å². The minimum absolute atomic E-state index is 0.232. The molecule has 2 atom stereocenters. The first-order chi connectivity index (χ1) is 11.9. The molecule has 2 aliphatic rings. The van der Waals surface area contributed by atoms with Crippen LogP contribution in [0.1, 0.15) is 44.7 Å². The van der Waals surface area contributed by atoms with Crippen molar-refractivity contribution in [1.82, 2.24) is 18.9 Å². The van der Waals surface area contributed by atoms with Gasteiger partial charge < -0.3 is 4.90 Å². The highest BCUT2D eigenvalue weighted by Gasteiger charge is 2.39. The third kappa shape index (κ3) is 3.29. The summed E-state index contributed by atoms with van der Waals surface area (Å²) in [6, 6.07) is 2.14. The smallest absolute Gasteiger partial charge is 0.330 e. The minimum Gasteiger partial charge on any atom is -0.338 e. The van der Waals surface area contributed by atoms with Gasteiger partial charge in [0.25, 0.3) is 5.56 Å². The zero-order valence-electron chi connectivity index (χ0n) is 15.4. The maximum Gasteiger partial charge on any atom is 0.330 e. The monoisotopic (exact) mass is 348 g/mol. The van der Waals surface area contributed by atoms with Crippen molar-refractivity contribution < 1.29 is 4.79 Å². The van der Waals surface area contributed by atoms with Gasteiger partial charge in [-0.2, -0.15) is 0 Å². The topological polar surface area (TPSA) is 67.6 Å². The predicted molar refractivity (Wildman–Crippen MR) is 95.4 cm³/mol. The number of amides is 1. The van der Waals surface area contributed by atoms with Crippen LogP contribution in [0.15, 0.2) is 15.7 Å². The van der Waals surface area contributed by atoms with Gasteiger partial charge in [-0.25, -0.2) is 4.79 Å². The lowest BCUT2D eigenvalue weighted by molar-refractivity contribution is -0.132. The molecule has 138 valence electrons. The Labute approximate surface area is 147 Å². The van der Waals surface area contributed by atoms with Gasteiger partial charge in [0.2, 0.25) is 5.91 Å². The zero-order chi connectivity index (χ0) is 18.1. The summed E-state index contributed by atoms with van der Waals surface area (Å²) in [6.07, 6.45) is 4.81. The van der Waals surface area contributed by atoms with Gasteiger partial charge in [0, 0.05) is 57.4 Å². The van der Waals surface area contributed by atoms with Gasteiger partial charge in [-0.15, -0.1) is 0 Å². The number of aromatic nitrogens is 2. The number of hydrogen-bond acceptors (Lipinski definition) is 4. The van der Waals surface area contributed by atoms with Crippen LogP contribution in [-0.4, -0.2) is 50.0 Å². The van der Waals surface area contributed by atoms with E-state index in [1.54, 1.807) is 17.7 Å². The van der Waals surface area contributed by atoms with Crippen molar-refractivity contribution in [3.8, 4) is 0 Å². The Morgan fingerprint density at radius 3 is 2.48 bits per heavy atom. The summed E-state index contributed by atoms with van der Waals surface area (Å²) in [5, 5.41) is 0. The van der Waals surface area contributed by atoms with Gasteiger partial charge in [-0.1, -0.05) is 6.92 Å². The highest BCUT2D eigenvalue weighted by molar-refractivity contribution is 5.76. The third-order valence-electron chi connectivity index (χ3n) is 5.77. The van der Waals surface area contributed by atoms with Crippen LogP contribution in [0.25, 0.3) is 0 Å². The lowest BCUT2D eigenvalue weighted by Gasteiger charge is -2.35. The van der Waals surface area contributed by atoms with Crippen LogP contribution in [0.5, 0.6) is 0 Å². The average molecular weight is 348 g/mol. The van der Waals surface area contributed by atoms with E-state index in [1.165, 1.54) is 7.05 Å². The predicted octanol–water partition coefficient (Wildman–Crippen LogP) is 0.449. The van der Waals surface area contributed by atoms with Crippen LogP contribution in [-0.2, 0) is 25.4 Å². The third-order valence-corrected chi connectivity index (χ3v) is 5.77. The molecule has 1 amide bonds. The molecule has 2 fully saturated rings. The first kappa shape index (κ1) is 17.9. The minimum atomic E-state index is -0.290. The van der Waals surface area contributed by atoms with Gasteiger partial charge in [-0.05, 0) is 32.2 Å². The van der Waals surface area contributed by atoms with Gasteiger partial charge in [0.05, 0.1) is 0 Å². The standard InChI is InChI=1S/C18H28N4O3/c1-4-16(23)22-10-6-8-15(22)14-7-5-9-21(14)12-13-11-17(24)20(3)18(25)19(13)2/h11,14-15H,4-10,12H2,1-3H3/t14-,15-/m1/s1. The second kappa shape index (κ2) is 7.15. The molecule has 1 aromatic rings. The molecule has 2 saturated heterocycles. The van der Waals surface area contributed by atoms with E-state index in [1.807, 2.05) is 11.8 Å². The number of hydrogen-bond donors (Lipinski definition) is 0. The molecular formula is C18H28N4O3. The molecule has 7 heteroatoms. The Morgan fingerprint density at radius 2 is 1.76 bits per heavy atom. The lowest BCUT2D eigenvalue weighted by Crippen LogP contribution is -2.48. The molecule has 0 bridgehead atoms. The molecular weight excluding hydrogens is 320 g/mol. The van der Waals surface area contributed by atoms with Crippen molar-refractivity contribution in [1.29, 1.82) is 0 Å². The molecule has 0 N–H and O–H groups in total. The quantitative estimate of drug-likeness (QED) is 0.792.